The highest BCUT2D eigenvalue weighted by atomic mass is 14.6. The van der Waals surface area contributed by atoms with Crippen molar-refractivity contribution in [2.75, 3.05) is 0 Å². The van der Waals surface area contributed by atoms with Crippen LogP contribution in [0.15, 0.2) is 24.3 Å². The van der Waals surface area contributed by atoms with E-state index in [1.54, 1.807) is 12.8 Å². The molecule has 0 saturated heterocycles. The van der Waals surface area contributed by atoms with Gasteiger partial charge in [-0.3, -0.25) is 0 Å². The average molecular weight is 343 g/mol. The molecule has 0 aromatic heterocycles. The van der Waals surface area contributed by atoms with Crippen molar-refractivity contribution < 1.29 is 0 Å². The molecule has 0 radical (unpaired) electrons. The number of hydrogen-bond donors (Lipinski definition) is 0. The first-order valence-electron chi connectivity index (χ1n) is 11.3. The third-order valence-electron chi connectivity index (χ3n) is 8.45. The molecule has 3 aliphatic rings. The summed E-state index contributed by atoms with van der Waals surface area (Å²) in [7, 11) is 0. The highest BCUT2D eigenvalue weighted by Crippen LogP contribution is 2.61. The first-order valence-corrected chi connectivity index (χ1v) is 11.3. The van der Waals surface area contributed by atoms with Crippen molar-refractivity contribution in [3.8, 4) is 0 Å². The lowest BCUT2D eigenvalue weighted by atomic mass is 9.54. The summed E-state index contributed by atoms with van der Waals surface area (Å²) in [6, 6.07) is 0. The molecule has 3 saturated carbocycles. The topological polar surface area (TPSA) is 0 Å². The second-order valence-electron chi connectivity index (χ2n) is 9.91. The first kappa shape index (κ1) is 19.2. The second-order valence-corrected chi connectivity index (χ2v) is 9.91. The Morgan fingerprint density at radius 2 is 1.64 bits per heavy atom. The Morgan fingerprint density at radius 3 is 2.36 bits per heavy atom. The summed E-state index contributed by atoms with van der Waals surface area (Å²) in [4.78, 5) is 0. The summed E-state index contributed by atoms with van der Waals surface area (Å²) in [6.07, 6.45) is 24.3. The van der Waals surface area contributed by atoms with Crippen LogP contribution in [0.3, 0.4) is 0 Å². The van der Waals surface area contributed by atoms with Gasteiger partial charge in [-0.1, -0.05) is 57.4 Å². The van der Waals surface area contributed by atoms with Crippen LogP contribution in [0.5, 0.6) is 0 Å². The van der Waals surface area contributed by atoms with Crippen molar-refractivity contribution in [3.05, 3.63) is 24.3 Å². The van der Waals surface area contributed by atoms with Crippen LogP contribution in [-0.2, 0) is 0 Å². The number of hydrogen-bond acceptors (Lipinski definition) is 0. The van der Waals surface area contributed by atoms with E-state index in [0.717, 1.165) is 40.9 Å². The van der Waals surface area contributed by atoms with E-state index < -0.39 is 0 Å². The van der Waals surface area contributed by atoms with Gasteiger partial charge in [0.2, 0.25) is 0 Å². The highest BCUT2D eigenvalue weighted by molar-refractivity contribution is 5.03. The fourth-order valence-corrected chi connectivity index (χ4v) is 7.14. The summed E-state index contributed by atoms with van der Waals surface area (Å²) in [5.41, 5.74) is 0.724. The fourth-order valence-electron chi connectivity index (χ4n) is 7.14. The van der Waals surface area contributed by atoms with Crippen molar-refractivity contribution >= 4 is 0 Å². The quantitative estimate of drug-likeness (QED) is 0.447. The molecule has 1 spiro atoms. The maximum atomic E-state index is 2.59. The van der Waals surface area contributed by atoms with Gasteiger partial charge in [-0.15, -0.1) is 0 Å². The molecule has 25 heavy (non-hydrogen) atoms. The lowest BCUT2D eigenvalue weighted by molar-refractivity contribution is -0.00834. The molecule has 142 valence electrons. The Balaban J connectivity index is 1.91. The van der Waals surface area contributed by atoms with E-state index in [1.165, 1.54) is 51.4 Å². The SMILES string of the molecule is C/C=C/CC(C)C1CCCC23CCCC(C)C(C2)C(C/C=C/C)C1C3. The molecule has 0 aliphatic heterocycles. The van der Waals surface area contributed by atoms with Gasteiger partial charge in [0.05, 0.1) is 0 Å². The van der Waals surface area contributed by atoms with Gasteiger partial charge in [0, 0.05) is 0 Å². The minimum Gasteiger partial charge on any atom is -0.0917 e. The number of fused-ring (bicyclic) bond motifs is 2. The average Bonchev–Trinajstić information content (AvgIpc) is 2.83. The van der Waals surface area contributed by atoms with Gasteiger partial charge < -0.3 is 0 Å². The summed E-state index contributed by atoms with van der Waals surface area (Å²) in [5.74, 6) is 5.70. The minimum atomic E-state index is 0.724. The maximum Gasteiger partial charge on any atom is -0.0292 e. The number of allylic oxidation sites excluding steroid dienone is 4. The Hall–Kier alpha value is -0.520. The summed E-state index contributed by atoms with van der Waals surface area (Å²) >= 11 is 0. The molecule has 0 N–H and O–H groups in total. The molecule has 0 amide bonds. The molecule has 7 unspecified atom stereocenters. The zero-order chi connectivity index (χ0) is 17.9. The van der Waals surface area contributed by atoms with Crippen molar-refractivity contribution in [1.82, 2.24) is 0 Å². The predicted molar refractivity (Wildman–Crippen MR) is 111 cm³/mol. The standard InChI is InChI=1S/C25H42/c1-5-7-11-19(3)21-14-10-16-25-15-9-12-20(4)23(17-25)22(13-8-6-2)24(21)18-25/h5-8,19-24H,9-18H2,1-4H3/b7-5+,8-6+. The molecule has 0 heteroatoms. The summed E-state index contributed by atoms with van der Waals surface area (Å²) in [5, 5.41) is 0. The van der Waals surface area contributed by atoms with Crippen molar-refractivity contribution in [3.63, 3.8) is 0 Å². The Morgan fingerprint density at radius 1 is 0.960 bits per heavy atom. The van der Waals surface area contributed by atoms with Gasteiger partial charge in [-0.05, 0) is 99.7 Å². The zero-order valence-electron chi connectivity index (χ0n) is 17.3. The molecule has 3 bridgehead atoms. The van der Waals surface area contributed by atoms with Crippen LogP contribution in [0.1, 0.15) is 91.9 Å². The molecular weight excluding hydrogens is 300 g/mol. The van der Waals surface area contributed by atoms with E-state index in [-0.39, 0.29) is 0 Å². The van der Waals surface area contributed by atoms with Crippen LogP contribution in [0, 0.1) is 40.9 Å². The predicted octanol–water partition coefficient (Wildman–Crippen LogP) is 7.80. The molecule has 7 atom stereocenters. The molecule has 0 aromatic rings. The van der Waals surface area contributed by atoms with Crippen LogP contribution in [-0.4, -0.2) is 0 Å². The summed E-state index contributed by atoms with van der Waals surface area (Å²) < 4.78 is 0. The van der Waals surface area contributed by atoms with Gasteiger partial charge in [0.15, 0.2) is 0 Å². The van der Waals surface area contributed by atoms with Crippen LogP contribution < -0.4 is 0 Å². The monoisotopic (exact) mass is 342 g/mol. The molecule has 3 rings (SSSR count). The molecule has 0 aromatic carbocycles. The molecule has 3 fully saturated rings. The van der Waals surface area contributed by atoms with Gasteiger partial charge in [0.25, 0.3) is 0 Å². The van der Waals surface area contributed by atoms with Crippen molar-refractivity contribution in [2.24, 2.45) is 40.9 Å². The van der Waals surface area contributed by atoms with E-state index >= 15 is 0 Å². The van der Waals surface area contributed by atoms with Crippen molar-refractivity contribution in [2.45, 2.75) is 91.9 Å². The summed E-state index contributed by atoms with van der Waals surface area (Å²) in [6.45, 7) is 9.53. The fraction of sp³-hybridized carbons (Fsp3) is 0.840. The van der Waals surface area contributed by atoms with Crippen LogP contribution >= 0.6 is 0 Å². The normalized spacial score (nSPS) is 43.1. The highest BCUT2D eigenvalue weighted by Gasteiger charge is 2.51. The lowest BCUT2D eigenvalue weighted by Crippen LogP contribution is -2.42. The van der Waals surface area contributed by atoms with Crippen LogP contribution in [0.4, 0.5) is 0 Å². The Labute approximate surface area is 157 Å². The number of rotatable bonds is 5. The molecular formula is C25H42. The van der Waals surface area contributed by atoms with E-state index in [9.17, 15) is 0 Å². The minimum absolute atomic E-state index is 0.724. The van der Waals surface area contributed by atoms with E-state index in [0.29, 0.717) is 0 Å². The van der Waals surface area contributed by atoms with Crippen molar-refractivity contribution in [1.29, 1.82) is 0 Å². The van der Waals surface area contributed by atoms with E-state index in [4.69, 9.17) is 0 Å². The van der Waals surface area contributed by atoms with E-state index in [2.05, 4.69) is 52.0 Å². The Bertz CT molecular complexity index is 472. The van der Waals surface area contributed by atoms with Gasteiger partial charge in [-0.25, -0.2) is 0 Å². The van der Waals surface area contributed by atoms with Crippen LogP contribution in [0.25, 0.3) is 0 Å². The zero-order valence-corrected chi connectivity index (χ0v) is 17.3. The Kier molecular flexibility index (Phi) is 6.50. The largest absolute Gasteiger partial charge is 0.0917 e. The third-order valence-corrected chi connectivity index (χ3v) is 8.45. The lowest BCUT2D eigenvalue weighted by Gasteiger charge is -2.51. The smallest absolute Gasteiger partial charge is 0.0292 e. The maximum absolute atomic E-state index is 2.59. The first-order chi connectivity index (χ1) is 12.1. The molecule has 0 heterocycles. The third kappa shape index (κ3) is 4.09. The molecule has 3 aliphatic carbocycles. The van der Waals surface area contributed by atoms with Gasteiger partial charge >= 0.3 is 0 Å². The molecule has 0 nitrogen and oxygen atoms in total. The van der Waals surface area contributed by atoms with Gasteiger partial charge in [0.1, 0.15) is 0 Å². The van der Waals surface area contributed by atoms with E-state index in [1.807, 2.05) is 0 Å². The second kappa shape index (κ2) is 8.45. The van der Waals surface area contributed by atoms with Gasteiger partial charge in [-0.2, -0.15) is 0 Å². The van der Waals surface area contributed by atoms with Crippen LogP contribution in [0.2, 0.25) is 0 Å².